The second-order valence-electron chi connectivity index (χ2n) is 7.07. The molecule has 0 heterocycles. The molecule has 2 unspecified atom stereocenters. The molecule has 0 aromatic carbocycles. The molecule has 0 saturated carbocycles. The number of hydrogen-bond donors (Lipinski definition) is 3. The second kappa shape index (κ2) is 18.8. The maximum absolute atomic E-state index is 12.4. The van der Waals surface area contributed by atoms with Crippen LogP contribution in [0.25, 0.3) is 0 Å². The third-order valence-electron chi connectivity index (χ3n) is 4.52. The van der Waals surface area contributed by atoms with Gasteiger partial charge in [-0.2, -0.15) is 0 Å². The SMILES string of the molecule is CCCCCCCCCC(C)C(=O)NC(CCCN=C(N)N)C(=O)OCC.[Cl-]. The van der Waals surface area contributed by atoms with Crippen LogP contribution < -0.4 is 29.2 Å². The van der Waals surface area contributed by atoms with E-state index < -0.39 is 12.0 Å². The average Bonchev–Trinajstić information content (AvgIpc) is 2.63. The van der Waals surface area contributed by atoms with Gasteiger partial charge in [-0.3, -0.25) is 9.79 Å². The summed E-state index contributed by atoms with van der Waals surface area (Å²) in [5.74, 6) is -0.593. The molecule has 7 nitrogen and oxygen atoms in total. The maximum atomic E-state index is 12.4. The highest BCUT2D eigenvalue weighted by molar-refractivity contribution is 5.85. The van der Waals surface area contributed by atoms with E-state index >= 15 is 0 Å². The fourth-order valence-corrected chi connectivity index (χ4v) is 2.85. The molecule has 28 heavy (non-hydrogen) atoms. The Morgan fingerprint density at radius 1 is 0.964 bits per heavy atom. The van der Waals surface area contributed by atoms with Gasteiger partial charge in [-0.25, -0.2) is 4.79 Å². The van der Waals surface area contributed by atoms with E-state index in [4.69, 9.17) is 16.2 Å². The monoisotopic (exact) mass is 419 g/mol. The molecule has 0 fully saturated rings. The average molecular weight is 420 g/mol. The molecule has 0 bridgehead atoms. The van der Waals surface area contributed by atoms with Crippen LogP contribution in [0.3, 0.4) is 0 Å². The number of carbonyl (C=O) groups is 2. The van der Waals surface area contributed by atoms with Crippen molar-refractivity contribution in [2.24, 2.45) is 22.4 Å². The molecule has 0 aliphatic rings. The minimum Gasteiger partial charge on any atom is -1.00 e. The number of rotatable bonds is 16. The van der Waals surface area contributed by atoms with Crippen LogP contribution in [0.5, 0.6) is 0 Å². The highest BCUT2D eigenvalue weighted by Crippen LogP contribution is 2.13. The van der Waals surface area contributed by atoms with Crippen molar-refractivity contribution >= 4 is 17.8 Å². The summed E-state index contributed by atoms with van der Waals surface area (Å²) in [6.45, 7) is 6.58. The van der Waals surface area contributed by atoms with E-state index in [9.17, 15) is 9.59 Å². The summed E-state index contributed by atoms with van der Waals surface area (Å²) in [6.07, 6.45) is 10.4. The lowest BCUT2D eigenvalue weighted by Gasteiger charge is -2.19. The summed E-state index contributed by atoms with van der Waals surface area (Å²) in [4.78, 5) is 28.4. The zero-order valence-corrected chi connectivity index (χ0v) is 18.6. The van der Waals surface area contributed by atoms with E-state index in [0.29, 0.717) is 19.4 Å². The van der Waals surface area contributed by atoms with E-state index in [1.54, 1.807) is 6.92 Å². The van der Waals surface area contributed by atoms with E-state index in [1.165, 1.54) is 32.1 Å². The third-order valence-corrected chi connectivity index (χ3v) is 4.52. The van der Waals surface area contributed by atoms with E-state index in [2.05, 4.69) is 17.2 Å². The predicted octanol–water partition coefficient (Wildman–Crippen LogP) is -0.131. The van der Waals surface area contributed by atoms with E-state index in [-0.39, 0.29) is 36.8 Å². The fourth-order valence-electron chi connectivity index (χ4n) is 2.85. The van der Waals surface area contributed by atoms with E-state index in [1.807, 2.05) is 6.92 Å². The van der Waals surface area contributed by atoms with Crippen molar-refractivity contribution in [3.8, 4) is 0 Å². The summed E-state index contributed by atoms with van der Waals surface area (Å²) in [7, 11) is 0. The number of esters is 1. The lowest BCUT2D eigenvalue weighted by atomic mass is 10.00. The number of aliphatic imine (C=N–C) groups is 1. The minimum absolute atomic E-state index is 0. The van der Waals surface area contributed by atoms with Gasteiger partial charge in [-0.15, -0.1) is 0 Å². The van der Waals surface area contributed by atoms with Crippen LogP contribution in [-0.2, 0) is 14.3 Å². The normalized spacial score (nSPS) is 12.4. The zero-order valence-electron chi connectivity index (χ0n) is 17.8. The van der Waals surface area contributed by atoms with Crippen LogP contribution in [0, 0.1) is 5.92 Å². The van der Waals surface area contributed by atoms with Gasteiger partial charge in [0.25, 0.3) is 0 Å². The Bertz CT molecular complexity index is 443. The quantitative estimate of drug-likeness (QED) is 0.139. The summed E-state index contributed by atoms with van der Waals surface area (Å²) in [5, 5.41) is 2.83. The number of hydrogen-bond acceptors (Lipinski definition) is 4. The van der Waals surface area contributed by atoms with Gasteiger partial charge in [0.15, 0.2) is 5.96 Å². The van der Waals surface area contributed by atoms with Gasteiger partial charge in [-0.1, -0.05) is 58.8 Å². The Kier molecular flexibility index (Phi) is 19.3. The summed E-state index contributed by atoms with van der Waals surface area (Å²) in [5.41, 5.74) is 10.6. The Hall–Kier alpha value is -1.50. The zero-order chi connectivity index (χ0) is 20.5. The molecule has 0 aromatic heterocycles. The van der Waals surface area contributed by atoms with Crippen LogP contribution in [0.1, 0.15) is 85.0 Å². The minimum atomic E-state index is -0.650. The Morgan fingerprint density at radius 3 is 2.14 bits per heavy atom. The molecule has 8 heteroatoms. The number of unbranched alkanes of at least 4 members (excludes halogenated alkanes) is 6. The molecule has 1 amide bonds. The van der Waals surface area contributed by atoms with Crippen molar-refractivity contribution in [2.75, 3.05) is 13.2 Å². The van der Waals surface area contributed by atoms with E-state index in [0.717, 1.165) is 19.3 Å². The molecule has 5 N–H and O–H groups in total. The third kappa shape index (κ3) is 15.5. The fraction of sp³-hybridized carbons (Fsp3) is 0.850. The van der Waals surface area contributed by atoms with Crippen LogP contribution in [0.4, 0.5) is 0 Å². The summed E-state index contributed by atoms with van der Waals surface area (Å²) < 4.78 is 5.07. The Morgan fingerprint density at radius 2 is 1.57 bits per heavy atom. The highest BCUT2D eigenvalue weighted by atomic mass is 35.5. The first-order valence-electron chi connectivity index (χ1n) is 10.4. The van der Waals surface area contributed by atoms with Gasteiger partial charge >= 0.3 is 5.97 Å². The van der Waals surface area contributed by atoms with Gasteiger partial charge in [0.2, 0.25) is 5.91 Å². The molecule has 0 rings (SSSR count). The second-order valence-corrected chi connectivity index (χ2v) is 7.07. The lowest BCUT2D eigenvalue weighted by Crippen LogP contribution is -3.00. The Balaban J connectivity index is 0. The number of guanidine groups is 1. The number of amides is 1. The van der Waals surface area contributed by atoms with Gasteiger partial charge in [0.1, 0.15) is 6.04 Å². The van der Waals surface area contributed by atoms with Crippen molar-refractivity contribution in [1.29, 1.82) is 0 Å². The summed E-state index contributed by atoms with van der Waals surface area (Å²) in [6, 6.07) is -0.650. The maximum Gasteiger partial charge on any atom is 0.328 e. The number of carbonyl (C=O) groups excluding carboxylic acids is 2. The van der Waals surface area contributed by atoms with Gasteiger partial charge < -0.3 is 33.9 Å². The number of halogens is 1. The van der Waals surface area contributed by atoms with Crippen molar-refractivity contribution < 1.29 is 26.7 Å². The molecule has 0 spiro atoms. The van der Waals surface area contributed by atoms with Crippen LogP contribution >= 0.6 is 0 Å². The topological polar surface area (TPSA) is 120 Å². The molecule has 166 valence electrons. The molecular weight excluding hydrogens is 380 g/mol. The van der Waals surface area contributed by atoms with Crippen LogP contribution in [0.15, 0.2) is 4.99 Å². The standard InChI is InChI=1S/C20H40N4O3.ClH/c1-4-6-7-8-9-10-11-13-16(3)18(25)24-17(19(26)27-5-2)14-12-15-23-20(21)22;/h16-17H,4-15H2,1-3H3,(H,24,25)(H4,21,22,23);1H/p-1. The molecule has 2 atom stereocenters. The van der Waals surface area contributed by atoms with Crippen LogP contribution in [-0.4, -0.2) is 37.0 Å². The molecule has 0 aromatic rings. The summed E-state index contributed by atoms with van der Waals surface area (Å²) >= 11 is 0. The van der Waals surface area contributed by atoms with Gasteiger partial charge in [-0.05, 0) is 26.2 Å². The first-order chi connectivity index (χ1) is 12.9. The van der Waals surface area contributed by atoms with Crippen molar-refractivity contribution in [2.45, 2.75) is 91.0 Å². The van der Waals surface area contributed by atoms with Gasteiger partial charge in [0.05, 0.1) is 6.61 Å². The molecule has 0 saturated heterocycles. The van der Waals surface area contributed by atoms with Crippen molar-refractivity contribution in [1.82, 2.24) is 5.32 Å². The first kappa shape index (κ1) is 28.7. The first-order valence-corrected chi connectivity index (χ1v) is 10.4. The highest BCUT2D eigenvalue weighted by Gasteiger charge is 2.24. The predicted molar refractivity (Wildman–Crippen MR) is 110 cm³/mol. The van der Waals surface area contributed by atoms with Crippen LogP contribution in [0.2, 0.25) is 0 Å². The van der Waals surface area contributed by atoms with Crippen molar-refractivity contribution in [3.05, 3.63) is 0 Å². The number of nitrogens with one attached hydrogen (secondary N) is 1. The number of nitrogens with zero attached hydrogens (tertiary/aromatic N) is 1. The molecular formula is C20H40ClN4O3-. The number of nitrogens with two attached hydrogens (primary N) is 2. The molecule has 0 aliphatic carbocycles. The van der Waals surface area contributed by atoms with Gasteiger partial charge in [0, 0.05) is 12.5 Å². The Labute approximate surface area is 176 Å². The lowest BCUT2D eigenvalue weighted by molar-refractivity contribution is -0.148. The largest absolute Gasteiger partial charge is 1.00 e. The molecule has 0 aliphatic heterocycles. The smallest absolute Gasteiger partial charge is 0.328 e. The molecule has 0 radical (unpaired) electrons. The van der Waals surface area contributed by atoms with Crippen molar-refractivity contribution in [3.63, 3.8) is 0 Å². The number of ether oxygens (including phenoxy) is 1.